The highest BCUT2D eigenvalue weighted by Crippen LogP contribution is 2.26. The van der Waals surface area contributed by atoms with Crippen molar-refractivity contribution in [3.8, 4) is 0 Å². The van der Waals surface area contributed by atoms with Gasteiger partial charge in [0.2, 0.25) is 5.91 Å². The number of rotatable bonds is 3. The zero-order valence-electron chi connectivity index (χ0n) is 12.8. The number of hydrogen-bond acceptors (Lipinski definition) is 2. The summed E-state index contributed by atoms with van der Waals surface area (Å²) >= 11 is 0. The monoisotopic (exact) mass is 314 g/mol. The Labute approximate surface area is 132 Å². The van der Waals surface area contributed by atoms with Crippen LogP contribution in [0.1, 0.15) is 32.8 Å². The van der Waals surface area contributed by atoms with E-state index >= 15 is 0 Å². The smallest absolute Gasteiger partial charge is 0.230 e. The predicted octanol–water partition coefficient (Wildman–Crippen LogP) is 2.64. The molecule has 0 radical (unpaired) electrons. The van der Waals surface area contributed by atoms with E-state index in [9.17, 15) is 9.18 Å². The number of hydrogen-bond donors (Lipinski definition) is 2. The van der Waals surface area contributed by atoms with Crippen molar-refractivity contribution in [1.29, 1.82) is 0 Å². The summed E-state index contributed by atoms with van der Waals surface area (Å²) in [5.74, 6) is -0.0449. The highest BCUT2D eigenvalue weighted by Gasteiger charge is 2.34. The first-order chi connectivity index (χ1) is 9.43. The second kappa shape index (κ2) is 7.23. The van der Waals surface area contributed by atoms with E-state index in [4.69, 9.17) is 0 Å². The molecule has 1 aliphatic heterocycles. The average Bonchev–Trinajstić information content (AvgIpc) is 2.41. The van der Waals surface area contributed by atoms with E-state index in [1.54, 1.807) is 32.0 Å². The van der Waals surface area contributed by atoms with Crippen LogP contribution < -0.4 is 10.6 Å². The lowest BCUT2D eigenvalue weighted by Crippen LogP contribution is -2.52. The SMILES string of the molecule is CC1CNCCC1NC(=O)C(C)(C)c1ccccc1F.Cl. The quantitative estimate of drug-likeness (QED) is 0.900. The van der Waals surface area contributed by atoms with Crippen LogP contribution in [0, 0.1) is 11.7 Å². The van der Waals surface area contributed by atoms with Crippen LogP contribution in [0.5, 0.6) is 0 Å². The summed E-state index contributed by atoms with van der Waals surface area (Å²) in [6, 6.07) is 6.65. The van der Waals surface area contributed by atoms with E-state index in [0.29, 0.717) is 11.5 Å². The van der Waals surface area contributed by atoms with Gasteiger partial charge in [0.15, 0.2) is 0 Å². The average molecular weight is 315 g/mol. The number of piperidine rings is 1. The van der Waals surface area contributed by atoms with E-state index in [0.717, 1.165) is 19.5 Å². The molecule has 118 valence electrons. The number of halogens is 2. The van der Waals surface area contributed by atoms with Gasteiger partial charge in [-0.3, -0.25) is 4.79 Å². The van der Waals surface area contributed by atoms with E-state index in [1.807, 2.05) is 0 Å². The minimum atomic E-state index is -0.865. The maximum Gasteiger partial charge on any atom is 0.230 e. The third-order valence-corrected chi connectivity index (χ3v) is 4.22. The van der Waals surface area contributed by atoms with Crippen LogP contribution in [0.3, 0.4) is 0 Å². The van der Waals surface area contributed by atoms with E-state index in [1.165, 1.54) is 6.07 Å². The fourth-order valence-corrected chi connectivity index (χ4v) is 2.67. The number of benzene rings is 1. The maximum atomic E-state index is 13.9. The Morgan fingerprint density at radius 2 is 2.05 bits per heavy atom. The summed E-state index contributed by atoms with van der Waals surface area (Å²) in [6.45, 7) is 7.48. The highest BCUT2D eigenvalue weighted by atomic mass is 35.5. The Morgan fingerprint density at radius 3 is 2.67 bits per heavy atom. The fourth-order valence-electron chi connectivity index (χ4n) is 2.67. The Balaban J connectivity index is 0.00000220. The van der Waals surface area contributed by atoms with E-state index in [-0.39, 0.29) is 30.2 Å². The molecule has 1 amide bonds. The summed E-state index contributed by atoms with van der Waals surface area (Å²) in [5.41, 5.74) is -0.422. The zero-order chi connectivity index (χ0) is 14.8. The number of carbonyl (C=O) groups is 1. The lowest BCUT2D eigenvalue weighted by molar-refractivity contribution is -0.127. The molecule has 0 bridgehead atoms. The van der Waals surface area contributed by atoms with Gasteiger partial charge in [-0.05, 0) is 45.3 Å². The van der Waals surface area contributed by atoms with Crippen molar-refractivity contribution in [3.63, 3.8) is 0 Å². The molecule has 1 aliphatic rings. The van der Waals surface area contributed by atoms with Crippen molar-refractivity contribution < 1.29 is 9.18 Å². The topological polar surface area (TPSA) is 41.1 Å². The third-order valence-electron chi connectivity index (χ3n) is 4.22. The molecule has 1 aromatic rings. The molecule has 2 rings (SSSR count). The van der Waals surface area contributed by atoms with Crippen LogP contribution >= 0.6 is 12.4 Å². The molecule has 2 atom stereocenters. The third kappa shape index (κ3) is 3.95. The summed E-state index contributed by atoms with van der Waals surface area (Å²) in [7, 11) is 0. The molecule has 1 heterocycles. The van der Waals surface area contributed by atoms with Gasteiger partial charge in [0.05, 0.1) is 5.41 Å². The highest BCUT2D eigenvalue weighted by molar-refractivity contribution is 5.87. The van der Waals surface area contributed by atoms with Gasteiger partial charge >= 0.3 is 0 Å². The Hall–Kier alpha value is -1.13. The molecule has 2 unspecified atom stereocenters. The Kier molecular flexibility index (Phi) is 6.17. The van der Waals surface area contributed by atoms with Crippen LogP contribution in [0.15, 0.2) is 24.3 Å². The lowest BCUT2D eigenvalue weighted by Gasteiger charge is -2.33. The lowest BCUT2D eigenvalue weighted by atomic mass is 9.82. The van der Waals surface area contributed by atoms with Crippen LogP contribution in [-0.2, 0) is 10.2 Å². The van der Waals surface area contributed by atoms with Crippen LogP contribution in [0.25, 0.3) is 0 Å². The molecule has 21 heavy (non-hydrogen) atoms. The van der Waals surface area contributed by atoms with Crippen LogP contribution in [0.2, 0.25) is 0 Å². The summed E-state index contributed by atoms with van der Waals surface area (Å²) in [4.78, 5) is 12.5. The molecule has 3 nitrogen and oxygen atoms in total. The Morgan fingerprint density at radius 1 is 1.38 bits per heavy atom. The first kappa shape index (κ1) is 17.9. The molecule has 1 saturated heterocycles. The van der Waals surface area contributed by atoms with Gasteiger partial charge in [-0.1, -0.05) is 25.1 Å². The molecule has 0 aliphatic carbocycles. The number of nitrogens with one attached hydrogen (secondary N) is 2. The standard InChI is InChI=1S/C16H23FN2O.ClH/c1-11-10-18-9-8-14(11)19-15(20)16(2,3)12-6-4-5-7-13(12)17;/h4-7,11,14,18H,8-10H2,1-3H3,(H,19,20);1H. The van der Waals surface area contributed by atoms with Gasteiger partial charge in [0.1, 0.15) is 5.82 Å². The van der Waals surface area contributed by atoms with Gasteiger partial charge in [0, 0.05) is 11.6 Å². The van der Waals surface area contributed by atoms with Gasteiger partial charge in [-0.2, -0.15) is 0 Å². The molecular formula is C16H24ClFN2O. The summed E-state index contributed by atoms with van der Waals surface area (Å²) in [5, 5.41) is 6.39. The van der Waals surface area contributed by atoms with Crippen LogP contribution in [0.4, 0.5) is 4.39 Å². The van der Waals surface area contributed by atoms with Crippen molar-refractivity contribution in [2.24, 2.45) is 5.92 Å². The molecule has 0 aromatic heterocycles. The van der Waals surface area contributed by atoms with E-state index < -0.39 is 5.41 Å². The molecule has 1 fully saturated rings. The predicted molar refractivity (Wildman–Crippen MR) is 85.3 cm³/mol. The molecule has 5 heteroatoms. The van der Waals surface area contributed by atoms with Crippen molar-refractivity contribution in [3.05, 3.63) is 35.6 Å². The van der Waals surface area contributed by atoms with Crippen molar-refractivity contribution in [2.75, 3.05) is 13.1 Å². The number of carbonyl (C=O) groups excluding carboxylic acids is 1. The van der Waals surface area contributed by atoms with Gasteiger partial charge in [-0.25, -0.2) is 4.39 Å². The molecule has 0 saturated carbocycles. The maximum absolute atomic E-state index is 13.9. The minimum Gasteiger partial charge on any atom is -0.352 e. The van der Waals surface area contributed by atoms with Gasteiger partial charge in [-0.15, -0.1) is 12.4 Å². The fraction of sp³-hybridized carbons (Fsp3) is 0.562. The molecular weight excluding hydrogens is 291 g/mol. The van der Waals surface area contributed by atoms with Gasteiger partial charge < -0.3 is 10.6 Å². The van der Waals surface area contributed by atoms with Gasteiger partial charge in [0.25, 0.3) is 0 Å². The van der Waals surface area contributed by atoms with Crippen molar-refractivity contribution in [1.82, 2.24) is 10.6 Å². The minimum absolute atomic E-state index is 0. The largest absolute Gasteiger partial charge is 0.352 e. The Bertz CT molecular complexity index is 493. The van der Waals surface area contributed by atoms with Crippen molar-refractivity contribution >= 4 is 18.3 Å². The zero-order valence-corrected chi connectivity index (χ0v) is 13.6. The first-order valence-electron chi connectivity index (χ1n) is 7.19. The summed E-state index contributed by atoms with van der Waals surface area (Å²) in [6.07, 6.45) is 0.917. The first-order valence-corrected chi connectivity index (χ1v) is 7.19. The second-order valence-electron chi connectivity index (χ2n) is 6.15. The van der Waals surface area contributed by atoms with E-state index in [2.05, 4.69) is 17.6 Å². The molecule has 0 spiro atoms. The normalized spacial score (nSPS) is 22.3. The second-order valence-corrected chi connectivity index (χ2v) is 6.15. The molecule has 2 N–H and O–H groups in total. The van der Waals surface area contributed by atoms with Crippen LogP contribution in [-0.4, -0.2) is 25.0 Å². The summed E-state index contributed by atoms with van der Waals surface area (Å²) < 4.78 is 13.9. The van der Waals surface area contributed by atoms with Crippen molar-refractivity contribution in [2.45, 2.75) is 38.6 Å². The molecule has 1 aromatic carbocycles. The number of amides is 1.